The molecule has 1 rings (SSSR count). The molecule has 0 aromatic heterocycles. The van der Waals surface area contributed by atoms with Crippen LogP contribution in [0.25, 0.3) is 0 Å². The lowest BCUT2D eigenvalue weighted by molar-refractivity contribution is -0.143. The van der Waals surface area contributed by atoms with Crippen LogP contribution in [0, 0.1) is 0 Å². The van der Waals surface area contributed by atoms with Crippen molar-refractivity contribution < 1.29 is 41.0 Å². The highest BCUT2D eigenvalue weighted by Crippen LogP contribution is 2.36. The predicted molar refractivity (Wildman–Crippen MR) is 88.5 cm³/mol. The molecule has 0 saturated heterocycles. The fourth-order valence-corrected chi connectivity index (χ4v) is 2.58. The average molecular weight is 413 g/mol. The van der Waals surface area contributed by atoms with Crippen LogP contribution in [0.5, 0.6) is 0 Å². The molecule has 1 aromatic rings. The molecule has 0 aliphatic carbocycles. The fraction of sp³-hybridized carbons (Fsp3) is 0.556. The third kappa shape index (κ3) is 7.77. The van der Waals surface area contributed by atoms with Crippen LogP contribution in [0.15, 0.2) is 18.2 Å². The Morgan fingerprint density at radius 2 is 1.50 bits per heavy atom. The fourth-order valence-electron chi connectivity index (χ4n) is 2.58. The van der Waals surface area contributed by atoms with E-state index in [0.717, 1.165) is 19.3 Å². The lowest BCUT2D eigenvalue weighted by Crippen LogP contribution is -2.41. The summed E-state index contributed by atoms with van der Waals surface area (Å²) in [5.74, 6) is -2.28. The van der Waals surface area contributed by atoms with Crippen molar-refractivity contribution in [2.24, 2.45) is 0 Å². The van der Waals surface area contributed by atoms with E-state index in [1.165, 1.54) is 0 Å². The summed E-state index contributed by atoms with van der Waals surface area (Å²) in [6.45, 7) is 1.96. The van der Waals surface area contributed by atoms with Gasteiger partial charge in [-0.3, -0.25) is 4.79 Å². The van der Waals surface area contributed by atoms with Crippen molar-refractivity contribution in [1.29, 1.82) is 0 Å². The number of amides is 1. The first-order valence-corrected chi connectivity index (χ1v) is 8.65. The Kier molecular flexibility index (Phi) is 8.31. The van der Waals surface area contributed by atoms with Gasteiger partial charge in [0.1, 0.15) is 6.04 Å². The van der Waals surface area contributed by atoms with Gasteiger partial charge in [-0.1, -0.05) is 32.6 Å². The highest BCUT2D eigenvalue weighted by molar-refractivity contribution is 5.84. The van der Waals surface area contributed by atoms with Crippen molar-refractivity contribution in [2.45, 2.75) is 63.8 Å². The zero-order valence-corrected chi connectivity index (χ0v) is 15.1. The molecule has 4 nitrogen and oxygen atoms in total. The molecule has 0 aliphatic heterocycles. The van der Waals surface area contributed by atoms with E-state index in [9.17, 15) is 35.9 Å². The van der Waals surface area contributed by atoms with Crippen LogP contribution in [0.3, 0.4) is 0 Å². The Balaban J connectivity index is 2.93. The number of alkyl halides is 6. The number of halogens is 6. The van der Waals surface area contributed by atoms with Crippen LogP contribution in [0.2, 0.25) is 0 Å². The van der Waals surface area contributed by atoms with E-state index in [4.69, 9.17) is 5.11 Å². The van der Waals surface area contributed by atoms with Gasteiger partial charge in [0, 0.05) is 0 Å². The number of hydrogen-bond donors (Lipinski definition) is 2. The number of carboxylic acid groups (broad SMARTS) is 1. The van der Waals surface area contributed by atoms with Crippen molar-refractivity contribution in [2.75, 3.05) is 0 Å². The van der Waals surface area contributed by atoms with Crippen LogP contribution in [-0.4, -0.2) is 23.0 Å². The lowest BCUT2D eigenvalue weighted by atomic mass is 10.0. The van der Waals surface area contributed by atoms with Gasteiger partial charge in [-0.05, 0) is 30.2 Å². The molecule has 28 heavy (non-hydrogen) atoms. The summed E-state index contributed by atoms with van der Waals surface area (Å²) in [6.07, 6.45) is -7.65. The molecule has 0 unspecified atom stereocenters. The topological polar surface area (TPSA) is 66.4 Å². The van der Waals surface area contributed by atoms with E-state index in [0.29, 0.717) is 18.6 Å². The normalized spacial score (nSPS) is 13.2. The van der Waals surface area contributed by atoms with Crippen LogP contribution in [0.1, 0.15) is 55.7 Å². The number of carboxylic acids is 1. The quantitative estimate of drug-likeness (QED) is 0.451. The van der Waals surface area contributed by atoms with Gasteiger partial charge in [0.2, 0.25) is 5.91 Å². The average Bonchev–Trinajstić information content (AvgIpc) is 2.55. The first-order valence-electron chi connectivity index (χ1n) is 8.65. The SMILES string of the molecule is CCCCCC[C@H](NC(=O)Cc1cc(C(F)(F)F)cc(C(F)(F)F)c1)C(=O)O. The van der Waals surface area contributed by atoms with Crippen molar-refractivity contribution in [3.05, 3.63) is 34.9 Å². The Labute approximate surface area is 157 Å². The minimum Gasteiger partial charge on any atom is -0.480 e. The third-order valence-electron chi connectivity index (χ3n) is 3.99. The van der Waals surface area contributed by atoms with Gasteiger partial charge in [0.05, 0.1) is 17.5 Å². The Morgan fingerprint density at radius 1 is 0.964 bits per heavy atom. The van der Waals surface area contributed by atoms with Crippen LogP contribution in [-0.2, 0) is 28.4 Å². The summed E-state index contributed by atoms with van der Waals surface area (Å²) >= 11 is 0. The van der Waals surface area contributed by atoms with Crippen molar-refractivity contribution >= 4 is 11.9 Å². The molecule has 1 amide bonds. The second kappa shape index (κ2) is 9.79. The van der Waals surface area contributed by atoms with Crippen molar-refractivity contribution in [1.82, 2.24) is 5.32 Å². The van der Waals surface area contributed by atoms with E-state index in [1.54, 1.807) is 0 Å². The number of carbonyl (C=O) groups is 2. The smallest absolute Gasteiger partial charge is 0.416 e. The van der Waals surface area contributed by atoms with Crippen LogP contribution >= 0.6 is 0 Å². The Morgan fingerprint density at radius 3 is 1.93 bits per heavy atom. The van der Waals surface area contributed by atoms with E-state index in [2.05, 4.69) is 5.32 Å². The lowest BCUT2D eigenvalue weighted by Gasteiger charge is -2.16. The number of aliphatic carboxylic acids is 1. The molecule has 0 spiro atoms. The minimum atomic E-state index is -5.02. The summed E-state index contributed by atoms with van der Waals surface area (Å²) in [6, 6.07) is -0.385. The monoisotopic (exact) mass is 413 g/mol. The zero-order valence-electron chi connectivity index (χ0n) is 15.1. The molecular weight excluding hydrogens is 392 g/mol. The third-order valence-corrected chi connectivity index (χ3v) is 3.99. The first kappa shape index (κ1) is 23.8. The largest absolute Gasteiger partial charge is 0.480 e. The van der Waals surface area contributed by atoms with Crippen molar-refractivity contribution in [3.8, 4) is 0 Å². The van der Waals surface area contributed by atoms with Crippen LogP contribution < -0.4 is 5.32 Å². The molecule has 2 N–H and O–H groups in total. The van der Waals surface area contributed by atoms with E-state index < -0.39 is 53.4 Å². The first-order chi connectivity index (χ1) is 12.8. The number of benzene rings is 1. The number of carbonyl (C=O) groups excluding carboxylic acids is 1. The van der Waals surface area contributed by atoms with Gasteiger partial charge in [0.25, 0.3) is 0 Å². The summed E-state index contributed by atoms with van der Waals surface area (Å²) in [5.41, 5.74) is -3.56. The van der Waals surface area contributed by atoms with E-state index in [1.807, 2.05) is 6.92 Å². The minimum absolute atomic E-state index is 0.0326. The van der Waals surface area contributed by atoms with Gasteiger partial charge in [-0.2, -0.15) is 26.3 Å². The Bertz CT molecular complexity index is 653. The molecule has 0 radical (unpaired) electrons. The molecule has 0 bridgehead atoms. The number of rotatable bonds is 9. The zero-order chi connectivity index (χ0) is 21.5. The standard InChI is InChI=1S/C18H21F6NO3/c1-2-3-4-5-6-14(16(27)28)25-15(26)9-11-7-12(17(19,20)21)10-13(8-11)18(22,23)24/h7-8,10,14H,2-6,9H2,1H3,(H,25,26)(H,27,28)/t14-/m0/s1. The highest BCUT2D eigenvalue weighted by Gasteiger charge is 2.37. The molecule has 1 atom stereocenters. The maximum Gasteiger partial charge on any atom is 0.416 e. The summed E-state index contributed by atoms with van der Waals surface area (Å²) < 4.78 is 77.1. The molecule has 0 heterocycles. The second-order valence-corrected chi connectivity index (χ2v) is 6.40. The van der Waals surface area contributed by atoms with Gasteiger partial charge in [-0.25, -0.2) is 4.79 Å². The van der Waals surface area contributed by atoms with Crippen molar-refractivity contribution in [3.63, 3.8) is 0 Å². The molecule has 1 aromatic carbocycles. The maximum atomic E-state index is 12.8. The van der Waals surface area contributed by atoms with E-state index in [-0.39, 0.29) is 12.5 Å². The Hall–Kier alpha value is -2.26. The molecule has 158 valence electrons. The van der Waals surface area contributed by atoms with E-state index >= 15 is 0 Å². The summed E-state index contributed by atoms with van der Waals surface area (Å²) in [5, 5.41) is 11.3. The van der Waals surface area contributed by atoms with Gasteiger partial charge in [-0.15, -0.1) is 0 Å². The summed E-state index contributed by atoms with van der Waals surface area (Å²) in [4.78, 5) is 23.2. The van der Waals surface area contributed by atoms with Crippen LogP contribution in [0.4, 0.5) is 26.3 Å². The van der Waals surface area contributed by atoms with Gasteiger partial charge in [0.15, 0.2) is 0 Å². The number of hydrogen-bond acceptors (Lipinski definition) is 2. The van der Waals surface area contributed by atoms with Gasteiger partial charge >= 0.3 is 18.3 Å². The molecule has 0 saturated carbocycles. The maximum absolute atomic E-state index is 12.8. The second-order valence-electron chi connectivity index (χ2n) is 6.40. The number of nitrogens with one attached hydrogen (secondary N) is 1. The highest BCUT2D eigenvalue weighted by atomic mass is 19.4. The predicted octanol–water partition coefficient (Wildman–Crippen LogP) is 4.81. The molecule has 10 heteroatoms. The molecule has 0 fully saturated rings. The number of unbranched alkanes of at least 4 members (excludes halogenated alkanes) is 3. The van der Waals surface area contributed by atoms with Gasteiger partial charge < -0.3 is 10.4 Å². The molecule has 0 aliphatic rings. The summed E-state index contributed by atoms with van der Waals surface area (Å²) in [7, 11) is 0. The molecular formula is C18H21F6NO3.